The number of carbonyl (C=O) groups is 1. The molecule has 0 heterocycles. The zero-order chi connectivity index (χ0) is 40.0. The van der Waals surface area contributed by atoms with Gasteiger partial charge in [-0.3, -0.25) is 4.79 Å². The van der Waals surface area contributed by atoms with E-state index in [9.17, 15) is 9.90 Å². The summed E-state index contributed by atoms with van der Waals surface area (Å²) in [7, 11) is -7.19. The molecule has 0 unspecified atom stereocenters. The number of rotatable bonds is 18. The molecule has 0 aliphatic rings. The second kappa shape index (κ2) is 17.7. The molecule has 0 amide bonds. The van der Waals surface area contributed by atoms with Crippen molar-refractivity contribution in [2.45, 2.75) is 162 Å². The second-order valence-electron chi connectivity index (χ2n) is 19.5. The zero-order valence-electron chi connectivity index (χ0n) is 35.8. The van der Waals surface area contributed by atoms with Crippen LogP contribution < -0.4 is 10.4 Å². The number of allylic oxidation sites excluding steroid dienone is 1. The van der Waals surface area contributed by atoms with Gasteiger partial charge in [-0.1, -0.05) is 141 Å². The molecule has 0 bridgehead atoms. The van der Waals surface area contributed by atoms with E-state index in [-0.39, 0.29) is 39.5 Å². The lowest BCUT2D eigenvalue weighted by molar-refractivity contribution is -0.124. The summed E-state index contributed by atoms with van der Waals surface area (Å²) in [6.07, 6.45) is 3.66. The van der Waals surface area contributed by atoms with E-state index in [1.54, 1.807) is 6.08 Å². The Morgan fingerprint density at radius 2 is 1.19 bits per heavy atom. The minimum atomic E-state index is -2.80. The molecule has 3 atom stereocenters. The molecular formula is C44H74O5Si3. The average Bonchev–Trinajstić information content (AvgIpc) is 3.01. The van der Waals surface area contributed by atoms with Gasteiger partial charge in [0.15, 0.2) is 16.6 Å². The predicted molar refractivity (Wildman–Crippen MR) is 230 cm³/mol. The molecule has 0 saturated carbocycles. The Hall–Kier alpha value is -1.92. The molecule has 0 fully saturated rings. The molecule has 8 heteroatoms. The summed E-state index contributed by atoms with van der Waals surface area (Å²) < 4.78 is 21.0. The molecule has 5 nitrogen and oxygen atoms in total. The highest BCUT2D eigenvalue weighted by Crippen LogP contribution is 2.41. The van der Waals surface area contributed by atoms with E-state index in [1.807, 2.05) is 20.8 Å². The van der Waals surface area contributed by atoms with Crippen LogP contribution in [0.15, 0.2) is 85.0 Å². The molecule has 292 valence electrons. The van der Waals surface area contributed by atoms with Gasteiger partial charge in [0.05, 0.1) is 24.9 Å². The molecule has 0 aliphatic carbocycles. The number of carbonyl (C=O) groups excluding carboxylic acids is 1. The first-order chi connectivity index (χ1) is 23.6. The number of benzene rings is 2. The third kappa shape index (κ3) is 11.8. The molecule has 0 saturated heterocycles. The maximum absolute atomic E-state index is 13.8. The van der Waals surface area contributed by atoms with Crippen molar-refractivity contribution in [2.75, 3.05) is 6.61 Å². The van der Waals surface area contributed by atoms with Gasteiger partial charge in [0.2, 0.25) is 0 Å². The molecule has 0 radical (unpaired) electrons. The summed E-state index contributed by atoms with van der Waals surface area (Å²) in [4.78, 5) is 13.8. The van der Waals surface area contributed by atoms with Gasteiger partial charge in [-0.05, 0) is 78.9 Å². The van der Waals surface area contributed by atoms with Crippen molar-refractivity contribution in [3.63, 3.8) is 0 Å². The van der Waals surface area contributed by atoms with Crippen molar-refractivity contribution >= 4 is 41.1 Å². The van der Waals surface area contributed by atoms with Crippen molar-refractivity contribution in [3.05, 3.63) is 85.0 Å². The highest BCUT2D eigenvalue weighted by Gasteiger charge is 2.50. The minimum Gasteiger partial charge on any atom is -0.414 e. The number of ketones is 1. The molecule has 2 rings (SSSR count). The molecule has 0 aromatic heterocycles. The minimum absolute atomic E-state index is 0.0251. The summed E-state index contributed by atoms with van der Waals surface area (Å²) in [5.41, 5.74) is 0.283. The predicted octanol–water partition coefficient (Wildman–Crippen LogP) is 10.6. The largest absolute Gasteiger partial charge is 0.414 e. The first-order valence-corrected chi connectivity index (χ1v) is 27.0. The fraction of sp³-hybridized carbons (Fsp3) is 0.614. The van der Waals surface area contributed by atoms with Crippen LogP contribution in [0.25, 0.3) is 0 Å². The molecule has 0 spiro atoms. The van der Waals surface area contributed by atoms with Crippen LogP contribution in [0.1, 0.15) is 102 Å². The molecule has 0 aliphatic heterocycles. The smallest absolute Gasteiger partial charge is 0.261 e. The van der Waals surface area contributed by atoms with E-state index in [0.717, 1.165) is 5.57 Å². The number of aliphatic hydroxyl groups excluding tert-OH is 1. The fourth-order valence-corrected chi connectivity index (χ4v) is 13.4. The third-order valence-electron chi connectivity index (χ3n) is 11.8. The summed E-state index contributed by atoms with van der Waals surface area (Å²) in [5.74, 6) is 0.0976. The fourth-order valence-electron chi connectivity index (χ4n) is 6.06. The van der Waals surface area contributed by atoms with Gasteiger partial charge in [0.1, 0.15) is 5.78 Å². The van der Waals surface area contributed by atoms with Crippen LogP contribution in [0.2, 0.25) is 41.3 Å². The van der Waals surface area contributed by atoms with E-state index in [1.165, 1.54) is 10.4 Å². The summed E-state index contributed by atoms with van der Waals surface area (Å²) >= 11 is 0. The average molecular weight is 767 g/mol. The summed E-state index contributed by atoms with van der Waals surface area (Å²) in [6, 6.07) is 21.3. The van der Waals surface area contributed by atoms with Crippen LogP contribution in [-0.2, 0) is 18.1 Å². The van der Waals surface area contributed by atoms with Crippen LogP contribution in [-0.4, -0.2) is 60.8 Å². The molecule has 2 aromatic rings. The molecule has 52 heavy (non-hydrogen) atoms. The van der Waals surface area contributed by atoms with Crippen LogP contribution >= 0.6 is 0 Å². The first-order valence-electron chi connectivity index (χ1n) is 19.2. The van der Waals surface area contributed by atoms with E-state index in [0.29, 0.717) is 19.4 Å². The normalized spacial score (nSPS) is 16.0. The Balaban J connectivity index is 2.64. The second-order valence-corrected chi connectivity index (χ2v) is 33.3. The van der Waals surface area contributed by atoms with E-state index in [2.05, 4.69) is 162 Å². The van der Waals surface area contributed by atoms with Crippen molar-refractivity contribution in [1.29, 1.82) is 0 Å². The van der Waals surface area contributed by atoms with Crippen LogP contribution in [0.3, 0.4) is 0 Å². The lowest BCUT2D eigenvalue weighted by Crippen LogP contribution is -2.66. The highest BCUT2D eigenvalue weighted by atomic mass is 28.4. The molecule has 1 N–H and O–H groups in total. The molecular weight excluding hydrogens is 693 g/mol. The summed E-state index contributed by atoms with van der Waals surface area (Å²) in [5, 5.41) is 14.0. The van der Waals surface area contributed by atoms with E-state index < -0.39 is 36.5 Å². The number of aliphatic hydroxyl groups is 1. The number of Topliss-reactive ketones (excluding diaryl/α,β-unsaturated/α-hetero) is 1. The highest BCUT2D eigenvalue weighted by molar-refractivity contribution is 6.99. The summed E-state index contributed by atoms with van der Waals surface area (Å²) in [6.45, 7) is 39.3. The standard InChI is InChI=1S/C44H74O5Si3/c1-18-44(12,13)40(46)32-35(29-30-47-52(43(9,10)11,37-25-21-19-22-26-37)38-27-23-20-24-28-38)31-36(49-51(16,17)42(6,7)8)33-39(45)34(2)48-50(14,15)41(3,4)5/h18-29,34,36,39,45H,1,30-33H2,2-17H3/b35-29+/t34-,36+,39-/m1/s1. The van der Waals surface area contributed by atoms with Gasteiger partial charge in [-0.15, -0.1) is 6.58 Å². The Bertz CT molecular complexity index is 1420. The zero-order valence-corrected chi connectivity index (χ0v) is 38.8. The van der Waals surface area contributed by atoms with Gasteiger partial charge in [0, 0.05) is 18.3 Å². The van der Waals surface area contributed by atoms with Crippen LogP contribution in [0.4, 0.5) is 0 Å². The Labute approximate surface area is 322 Å². The van der Waals surface area contributed by atoms with Gasteiger partial charge < -0.3 is 18.4 Å². The first kappa shape index (κ1) is 46.2. The van der Waals surface area contributed by atoms with Gasteiger partial charge >= 0.3 is 0 Å². The maximum Gasteiger partial charge on any atom is 0.261 e. The monoisotopic (exact) mass is 766 g/mol. The third-order valence-corrected chi connectivity index (χ3v) is 25.9. The van der Waals surface area contributed by atoms with Gasteiger partial charge in [-0.2, -0.15) is 0 Å². The van der Waals surface area contributed by atoms with Crippen LogP contribution in [0.5, 0.6) is 0 Å². The van der Waals surface area contributed by atoms with Gasteiger partial charge in [-0.25, -0.2) is 0 Å². The quantitative estimate of drug-likeness (QED) is 0.121. The van der Waals surface area contributed by atoms with Crippen molar-refractivity contribution in [2.24, 2.45) is 5.41 Å². The van der Waals surface area contributed by atoms with Crippen LogP contribution in [0, 0.1) is 5.41 Å². The maximum atomic E-state index is 13.8. The van der Waals surface area contributed by atoms with Gasteiger partial charge in [0.25, 0.3) is 8.32 Å². The SMILES string of the molecule is C=CC(C)(C)C(=O)C/C(=C/CO[Si](c1ccccc1)(c1ccccc1)C(C)(C)C)C[C@@H](C[C@@H](O)[C@@H](C)O[Si](C)(C)C(C)(C)C)O[Si](C)(C)C(C)(C)C. The Morgan fingerprint density at radius 1 is 0.750 bits per heavy atom. The number of hydrogen-bond acceptors (Lipinski definition) is 5. The lowest BCUT2D eigenvalue weighted by Gasteiger charge is -2.43. The number of hydrogen-bond donors (Lipinski definition) is 1. The topological polar surface area (TPSA) is 65.0 Å². The van der Waals surface area contributed by atoms with E-state index in [4.69, 9.17) is 13.3 Å². The van der Waals surface area contributed by atoms with Crippen molar-refractivity contribution in [3.8, 4) is 0 Å². The van der Waals surface area contributed by atoms with Crippen molar-refractivity contribution < 1.29 is 23.2 Å². The van der Waals surface area contributed by atoms with E-state index >= 15 is 0 Å². The lowest BCUT2D eigenvalue weighted by atomic mass is 9.84. The van der Waals surface area contributed by atoms with Crippen molar-refractivity contribution in [1.82, 2.24) is 0 Å². The molecule has 2 aromatic carbocycles. The Kier molecular flexibility index (Phi) is 15.7. The Morgan fingerprint density at radius 3 is 1.60 bits per heavy atom.